The molecule has 3 aliphatic heterocycles. The van der Waals surface area contributed by atoms with Crippen LogP contribution in [0.3, 0.4) is 0 Å². The monoisotopic (exact) mass is 210 g/mol. The number of rotatable bonds is 0. The van der Waals surface area contributed by atoms with E-state index in [0.29, 0.717) is 0 Å². The van der Waals surface area contributed by atoms with Gasteiger partial charge in [-0.15, -0.1) is 0 Å². The van der Waals surface area contributed by atoms with Crippen LogP contribution in [0.1, 0.15) is 38.5 Å². The molecular weight excluding hydrogens is 192 g/mol. The van der Waals surface area contributed by atoms with Crippen molar-refractivity contribution in [3.05, 3.63) is 12.2 Å². The highest BCUT2D eigenvalue weighted by molar-refractivity contribution is 5.12. The Hall–Kier alpha value is -0.380. The molecule has 0 N–H and O–H groups in total. The van der Waals surface area contributed by atoms with E-state index in [4.69, 9.17) is 14.2 Å². The van der Waals surface area contributed by atoms with Crippen LogP contribution in [0, 0.1) is 0 Å². The fourth-order valence-electron chi connectivity index (χ4n) is 2.62. The second-order valence-electron chi connectivity index (χ2n) is 4.67. The molecule has 0 aromatic carbocycles. The Morgan fingerprint density at radius 3 is 1.67 bits per heavy atom. The average molecular weight is 210 g/mol. The van der Waals surface area contributed by atoms with Crippen molar-refractivity contribution in [3.63, 3.8) is 0 Å². The van der Waals surface area contributed by atoms with Crippen molar-refractivity contribution in [3.8, 4) is 0 Å². The molecule has 2 fully saturated rings. The fraction of sp³-hybridized carbons (Fsp3) is 0.833. The second kappa shape index (κ2) is 3.58. The van der Waals surface area contributed by atoms with E-state index in [1.165, 1.54) is 12.8 Å². The minimum Gasteiger partial charge on any atom is -0.346 e. The van der Waals surface area contributed by atoms with Gasteiger partial charge in [-0.2, -0.15) is 0 Å². The van der Waals surface area contributed by atoms with E-state index in [1.807, 2.05) is 0 Å². The highest BCUT2D eigenvalue weighted by atomic mass is 16.8. The summed E-state index contributed by atoms with van der Waals surface area (Å²) >= 11 is 0. The van der Waals surface area contributed by atoms with Crippen molar-refractivity contribution in [1.29, 1.82) is 0 Å². The van der Waals surface area contributed by atoms with E-state index >= 15 is 0 Å². The highest BCUT2D eigenvalue weighted by Crippen LogP contribution is 2.42. The van der Waals surface area contributed by atoms with Gasteiger partial charge in [0.1, 0.15) is 0 Å². The zero-order valence-corrected chi connectivity index (χ0v) is 9.04. The molecule has 3 heterocycles. The molecule has 0 bridgehead atoms. The molecular formula is C12H18O3. The predicted octanol–water partition coefficient (Wildman–Crippen LogP) is 2.37. The molecule has 2 spiro atoms. The van der Waals surface area contributed by atoms with Crippen LogP contribution in [0.4, 0.5) is 0 Å². The Balaban J connectivity index is 1.74. The first-order valence-electron chi connectivity index (χ1n) is 6.01. The summed E-state index contributed by atoms with van der Waals surface area (Å²) in [4.78, 5) is 0. The standard InChI is InChI=1S/C12H18O3/c1-3-9-13-11(5-1)7-8-12(15-11)6-2-4-10-14-12/h7-8H,1-6,9-10H2. The van der Waals surface area contributed by atoms with Crippen LogP contribution in [0.25, 0.3) is 0 Å². The Kier molecular flexibility index (Phi) is 2.34. The molecule has 15 heavy (non-hydrogen) atoms. The maximum atomic E-state index is 6.06. The van der Waals surface area contributed by atoms with Gasteiger partial charge in [0.2, 0.25) is 0 Å². The summed E-state index contributed by atoms with van der Waals surface area (Å²) in [5, 5.41) is 0. The van der Waals surface area contributed by atoms with Crippen LogP contribution in [-0.4, -0.2) is 24.8 Å². The third-order valence-electron chi connectivity index (χ3n) is 3.47. The molecule has 0 radical (unpaired) electrons. The normalized spacial score (nSPS) is 45.3. The Labute approximate surface area is 90.4 Å². The van der Waals surface area contributed by atoms with Gasteiger partial charge in [-0.1, -0.05) is 0 Å². The maximum absolute atomic E-state index is 6.06. The van der Waals surface area contributed by atoms with Crippen molar-refractivity contribution in [1.82, 2.24) is 0 Å². The zero-order chi connectivity index (χ0) is 10.2. The summed E-state index contributed by atoms with van der Waals surface area (Å²) in [6.07, 6.45) is 10.7. The van der Waals surface area contributed by atoms with Gasteiger partial charge in [-0.05, 0) is 37.8 Å². The lowest BCUT2D eigenvalue weighted by atomic mass is 10.1. The van der Waals surface area contributed by atoms with E-state index in [0.717, 1.165) is 38.9 Å². The van der Waals surface area contributed by atoms with Crippen molar-refractivity contribution in [2.24, 2.45) is 0 Å². The van der Waals surface area contributed by atoms with Crippen LogP contribution < -0.4 is 0 Å². The van der Waals surface area contributed by atoms with Crippen molar-refractivity contribution >= 4 is 0 Å². The lowest BCUT2D eigenvalue weighted by molar-refractivity contribution is -0.325. The van der Waals surface area contributed by atoms with Gasteiger partial charge in [0.25, 0.3) is 0 Å². The second-order valence-corrected chi connectivity index (χ2v) is 4.67. The number of hydrogen-bond acceptors (Lipinski definition) is 3. The summed E-state index contributed by atoms with van der Waals surface area (Å²) < 4.78 is 17.6. The summed E-state index contributed by atoms with van der Waals surface area (Å²) in [5.41, 5.74) is 0. The summed E-state index contributed by atoms with van der Waals surface area (Å²) in [6.45, 7) is 1.61. The smallest absolute Gasteiger partial charge is 0.191 e. The first-order chi connectivity index (χ1) is 7.33. The van der Waals surface area contributed by atoms with Crippen LogP contribution >= 0.6 is 0 Å². The molecule has 2 saturated heterocycles. The molecule has 84 valence electrons. The lowest BCUT2D eigenvalue weighted by Gasteiger charge is -2.39. The predicted molar refractivity (Wildman–Crippen MR) is 55.3 cm³/mol. The van der Waals surface area contributed by atoms with Gasteiger partial charge in [0, 0.05) is 12.8 Å². The third-order valence-corrected chi connectivity index (χ3v) is 3.47. The van der Waals surface area contributed by atoms with Gasteiger partial charge in [-0.25, -0.2) is 0 Å². The average Bonchev–Trinajstić information content (AvgIpc) is 2.60. The van der Waals surface area contributed by atoms with E-state index in [9.17, 15) is 0 Å². The SMILES string of the molecule is C1=CC2(CCCCO2)OC12CCCCO2. The molecule has 0 aromatic rings. The number of hydrogen-bond donors (Lipinski definition) is 0. The molecule has 3 rings (SSSR count). The Morgan fingerprint density at radius 2 is 1.27 bits per heavy atom. The Bertz CT molecular complexity index is 234. The topological polar surface area (TPSA) is 27.7 Å². The molecule has 3 heteroatoms. The summed E-state index contributed by atoms with van der Waals surface area (Å²) in [6, 6.07) is 0. The maximum Gasteiger partial charge on any atom is 0.191 e. The van der Waals surface area contributed by atoms with E-state index in [1.54, 1.807) is 0 Å². The molecule has 0 aromatic heterocycles. The largest absolute Gasteiger partial charge is 0.346 e. The quantitative estimate of drug-likeness (QED) is 0.574. The molecule has 0 saturated carbocycles. The molecule has 2 atom stereocenters. The minimum atomic E-state index is -0.463. The molecule has 3 aliphatic rings. The van der Waals surface area contributed by atoms with Crippen molar-refractivity contribution in [2.75, 3.05) is 13.2 Å². The molecule has 0 aliphatic carbocycles. The first-order valence-corrected chi connectivity index (χ1v) is 6.01. The van der Waals surface area contributed by atoms with Crippen molar-refractivity contribution in [2.45, 2.75) is 50.1 Å². The summed E-state index contributed by atoms with van der Waals surface area (Å²) in [7, 11) is 0. The fourth-order valence-corrected chi connectivity index (χ4v) is 2.62. The zero-order valence-electron chi connectivity index (χ0n) is 9.04. The summed E-state index contributed by atoms with van der Waals surface area (Å²) in [5.74, 6) is -0.925. The van der Waals surface area contributed by atoms with Gasteiger partial charge in [-0.3, -0.25) is 0 Å². The minimum absolute atomic E-state index is 0.463. The van der Waals surface area contributed by atoms with E-state index < -0.39 is 11.6 Å². The van der Waals surface area contributed by atoms with E-state index in [-0.39, 0.29) is 0 Å². The highest BCUT2D eigenvalue weighted by Gasteiger charge is 2.47. The van der Waals surface area contributed by atoms with Crippen LogP contribution in [0.2, 0.25) is 0 Å². The third kappa shape index (κ3) is 1.73. The molecule has 3 nitrogen and oxygen atoms in total. The first kappa shape index (κ1) is 9.82. The van der Waals surface area contributed by atoms with E-state index in [2.05, 4.69) is 12.2 Å². The van der Waals surface area contributed by atoms with Crippen LogP contribution in [-0.2, 0) is 14.2 Å². The van der Waals surface area contributed by atoms with Gasteiger partial charge in [0.05, 0.1) is 13.2 Å². The number of ether oxygens (including phenoxy) is 3. The Morgan fingerprint density at radius 1 is 0.733 bits per heavy atom. The van der Waals surface area contributed by atoms with Crippen LogP contribution in [0.15, 0.2) is 12.2 Å². The molecule has 0 amide bonds. The van der Waals surface area contributed by atoms with Crippen LogP contribution in [0.5, 0.6) is 0 Å². The van der Waals surface area contributed by atoms with Gasteiger partial charge < -0.3 is 14.2 Å². The molecule has 2 unspecified atom stereocenters. The van der Waals surface area contributed by atoms with Crippen molar-refractivity contribution < 1.29 is 14.2 Å². The van der Waals surface area contributed by atoms with Gasteiger partial charge in [0.15, 0.2) is 11.6 Å². The lowest BCUT2D eigenvalue weighted by Crippen LogP contribution is -2.43. The van der Waals surface area contributed by atoms with Gasteiger partial charge >= 0.3 is 0 Å².